The van der Waals surface area contributed by atoms with E-state index >= 15 is 0 Å². The molecular formula is C31H54O4Si. The van der Waals surface area contributed by atoms with Crippen molar-refractivity contribution < 1.29 is 18.8 Å². The Bertz CT molecular complexity index is 832. The smallest absolute Gasteiger partial charge is 0.311 e. The highest BCUT2D eigenvalue weighted by atomic mass is 28.4. The van der Waals surface area contributed by atoms with Crippen molar-refractivity contribution in [3.63, 3.8) is 0 Å². The molecule has 2 aliphatic carbocycles. The van der Waals surface area contributed by atoms with E-state index in [1.807, 2.05) is 20.8 Å². The van der Waals surface area contributed by atoms with Crippen molar-refractivity contribution in [2.24, 2.45) is 29.1 Å². The highest BCUT2D eigenvalue weighted by molar-refractivity contribution is 6.74. The van der Waals surface area contributed by atoms with Gasteiger partial charge in [-0.25, -0.2) is 0 Å². The average molecular weight is 519 g/mol. The fraction of sp³-hybridized carbons (Fsp3) is 0.806. The molecule has 0 aromatic carbocycles. The lowest BCUT2D eigenvalue weighted by Crippen LogP contribution is -2.44. The summed E-state index contributed by atoms with van der Waals surface area (Å²) in [5.41, 5.74) is 0.801. The first-order valence-corrected chi connectivity index (χ1v) is 17.2. The van der Waals surface area contributed by atoms with Crippen molar-refractivity contribution in [3.05, 3.63) is 23.8 Å². The minimum absolute atomic E-state index is 0.00182. The zero-order valence-corrected chi connectivity index (χ0v) is 26.1. The highest BCUT2D eigenvalue weighted by Gasteiger charge is 2.43. The number of esters is 1. The van der Waals surface area contributed by atoms with Gasteiger partial charge in [0.25, 0.3) is 0 Å². The van der Waals surface area contributed by atoms with Gasteiger partial charge in [-0.3, -0.25) is 9.59 Å². The number of rotatable bonds is 11. The highest BCUT2D eigenvalue weighted by Crippen LogP contribution is 2.45. The van der Waals surface area contributed by atoms with Crippen LogP contribution in [0.4, 0.5) is 0 Å². The number of hydrogen-bond acceptors (Lipinski definition) is 4. The monoisotopic (exact) mass is 518 g/mol. The first-order valence-electron chi connectivity index (χ1n) is 14.3. The number of hydrogen-bond donors (Lipinski definition) is 0. The molecule has 0 aromatic rings. The van der Waals surface area contributed by atoms with Crippen LogP contribution in [0.1, 0.15) is 101 Å². The molecule has 0 bridgehead atoms. The molecule has 0 saturated heterocycles. The van der Waals surface area contributed by atoms with Gasteiger partial charge in [0.2, 0.25) is 0 Å². The van der Waals surface area contributed by atoms with Gasteiger partial charge in [-0.2, -0.15) is 0 Å². The quantitative estimate of drug-likeness (QED) is 0.204. The molecule has 4 nitrogen and oxygen atoms in total. The van der Waals surface area contributed by atoms with Crippen LogP contribution in [0.3, 0.4) is 0 Å². The topological polar surface area (TPSA) is 52.6 Å². The lowest BCUT2D eigenvalue weighted by molar-refractivity contribution is -0.164. The predicted molar refractivity (Wildman–Crippen MR) is 152 cm³/mol. The Labute approximate surface area is 222 Å². The van der Waals surface area contributed by atoms with E-state index in [1.54, 1.807) is 0 Å². The van der Waals surface area contributed by atoms with E-state index in [1.165, 1.54) is 5.57 Å². The summed E-state index contributed by atoms with van der Waals surface area (Å²) in [6.07, 6.45) is 11.1. The van der Waals surface area contributed by atoms with Gasteiger partial charge >= 0.3 is 5.97 Å². The fourth-order valence-corrected chi connectivity index (χ4v) is 6.65. The number of ketones is 1. The van der Waals surface area contributed by atoms with Crippen LogP contribution in [0.2, 0.25) is 18.1 Å². The normalized spacial score (nSPS) is 27.8. The van der Waals surface area contributed by atoms with Crippen LogP contribution < -0.4 is 0 Å². The third-order valence-corrected chi connectivity index (χ3v) is 13.8. The van der Waals surface area contributed by atoms with Crippen LogP contribution in [-0.2, 0) is 18.8 Å². The maximum Gasteiger partial charge on any atom is 0.311 e. The third kappa shape index (κ3) is 7.66. The van der Waals surface area contributed by atoms with Crippen LogP contribution in [0.5, 0.6) is 0 Å². The Morgan fingerprint density at radius 2 is 1.75 bits per heavy atom. The Hall–Kier alpha value is -1.20. The van der Waals surface area contributed by atoms with E-state index in [0.717, 1.165) is 25.7 Å². The second-order valence-electron chi connectivity index (χ2n) is 13.7. The second kappa shape index (κ2) is 12.1. The van der Waals surface area contributed by atoms with E-state index < -0.39 is 13.7 Å². The Kier molecular flexibility index (Phi) is 10.4. The van der Waals surface area contributed by atoms with E-state index in [-0.39, 0.29) is 34.9 Å². The van der Waals surface area contributed by atoms with Crippen molar-refractivity contribution in [1.29, 1.82) is 0 Å². The number of allylic oxidation sites excluding steroid dienone is 3. The van der Waals surface area contributed by atoms with Gasteiger partial charge in [0.1, 0.15) is 11.9 Å². The molecule has 0 amide bonds. The number of carbonyl (C=O) groups excluding carboxylic acids is 2. The van der Waals surface area contributed by atoms with Crippen molar-refractivity contribution in [3.8, 4) is 0 Å². The lowest BCUT2D eigenvalue weighted by Gasteiger charge is -2.43. The summed E-state index contributed by atoms with van der Waals surface area (Å²) < 4.78 is 12.8. The molecule has 0 heterocycles. The molecule has 36 heavy (non-hydrogen) atoms. The molecule has 0 unspecified atom stereocenters. The van der Waals surface area contributed by atoms with Gasteiger partial charge in [0.15, 0.2) is 8.32 Å². The van der Waals surface area contributed by atoms with Crippen LogP contribution in [0.15, 0.2) is 23.8 Å². The summed E-state index contributed by atoms with van der Waals surface area (Å²) in [6.45, 7) is 23.8. The summed E-state index contributed by atoms with van der Waals surface area (Å²) in [5.74, 6) is 1.36. The van der Waals surface area contributed by atoms with Crippen LogP contribution in [0.25, 0.3) is 0 Å². The van der Waals surface area contributed by atoms with Crippen LogP contribution in [0, 0.1) is 29.1 Å². The molecule has 0 radical (unpaired) electrons. The molecule has 6 atom stereocenters. The largest absolute Gasteiger partial charge is 0.461 e. The molecule has 2 rings (SSSR count). The number of fused-ring (bicyclic) bond motifs is 1. The molecule has 0 spiro atoms. The van der Waals surface area contributed by atoms with E-state index in [4.69, 9.17) is 9.16 Å². The lowest BCUT2D eigenvalue weighted by atomic mass is 9.65. The van der Waals surface area contributed by atoms with Gasteiger partial charge in [-0.05, 0) is 81.0 Å². The maximum atomic E-state index is 13.2. The minimum atomic E-state index is -1.91. The zero-order valence-electron chi connectivity index (χ0n) is 25.1. The fourth-order valence-electron chi connectivity index (χ4n) is 5.21. The van der Waals surface area contributed by atoms with Gasteiger partial charge < -0.3 is 9.16 Å². The molecule has 2 aliphatic rings. The van der Waals surface area contributed by atoms with Gasteiger partial charge in [0, 0.05) is 18.8 Å². The second-order valence-corrected chi connectivity index (χ2v) is 18.4. The molecule has 0 fully saturated rings. The summed E-state index contributed by atoms with van der Waals surface area (Å²) in [5, 5.41) is 0.132. The number of Topliss-reactive ketones (excluding diaryl/α,β-unsaturated/α-hetero) is 1. The standard InChI is InChI=1S/C31H54O4Si/c1-12-25(35-36(10,11)30(5,6)7)20-24(32)16-17-26-22(4)14-15-23-18-21(3)19-27(28(23)26)34-29(33)31(8,9)13-2/h14-15,18,21-22,25-28H,12-13,16-17,19-20H2,1-11H3/t21-,22-,25-,26-,27-,28-/m0/s1. The molecule has 0 N–H and O–H groups in total. The summed E-state index contributed by atoms with van der Waals surface area (Å²) in [6, 6.07) is 0. The molecule has 206 valence electrons. The molecule has 0 saturated carbocycles. The molecule has 0 aromatic heterocycles. The maximum absolute atomic E-state index is 13.2. The van der Waals surface area contributed by atoms with Gasteiger partial charge in [-0.1, -0.05) is 66.7 Å². The summed E-state index contributed by atoms with van der Waals surface area (Å²) >= 11 is 0. The third-order valence-electron chi connectivity index (χ3n) is 9.22. The van der Waals surface area contributed by atoms with E-state index in [0.29, 0.717) is 30.6 Å². The summed E-state index contributed by atoms with van der Waals surface area (Å²) in [7, 11) is -1.91. The van der Waals surface area contributed by atoms with E-state index in [9.17, 15) is 9.59 Å². The van der Waals surface area contributed by atoms with E-state index in [2.05, 4.69) is 72.9 Å². The molecule has 0 aliphatic heterocycles. The molecule has 5 heteroatoms. The Morgan fingerprint density at radius 1 is 1.11 bits per heavy atom. The number of carbonyl (C=O) groups is 2. The van der Waals surface area contributed by atoms with Crippen molar-refractivity contribution in [2.75, 3.05) is 0 Å². The Morgan fingerprint density at radius 3 is 2.31 bits per heavy atom. The van der Waals surface area contributed by atoms with Crippen LogP contribution in [-0.4, -0.2) is 32.3 Å². The molecular weight excluding hydrogens is 464 g/mol. The van der Waals surface area contributed by atoms with Crippen LogP contribution >= 0.6 is 0 Å². The van der Waals surface area contributed by atoms with Gasteiger partial charge in [0.05, 0.1) is 11.5 Å². The van der Waals surface area contributed by atoms with Crippen molar-refractivity contribution in [2.45, 2.75) is 131 Å². The first-order chi connectivity index (χ1) is 16.5. The average Bonchev–Trinajstić information content (AvgIpc) is 2.76. The SMILES string of the molecule is CC[C@@H](CC(=O)CC[C@@H]1[C@@H]2C(=C[C@H](C)C[C@@H]2OC(=O)C(C)(C)CC)C=C[C@@H]1C)O[Si](C)(C)C(C)(C)C. The van der Waals surface area contributed by atoms with Crippen molar-refractivity contribution in [1.82, 2.24) is 0 Å². The predicted octanol–water partition coefficient (Wildman–Crippen LogP) is 8.28. The Balaban J connectivity index is 2.12. The minimum Gasteiger partial charge on any atom is -0.461 e. The van der Waals surface area contributed by atoms with Gasteiger partial charge in [-0.15, -0.1) is 0 Å². The number of ether oxygens (including phenoxy) is 1. The first kappa shape index (κ1) is 31.0. The summed E-state index contributed by atoms with van der Waals surface area (Å²) in [4.78, 5) is 26.2. The zero-order chi connectivity index (χ0) is 27.5. The van der Waals surface area contributed by atoms with Crippen molar-refractivity contribution >= 4 is 20.1 Å².